The van der Waals surface area contributed by atoms with Crippen molar-refractivity contribution in [1.29, 1.82) is 0 Å². The molecule has 0 aromatic heterocycles. The zero-order chi connectivity index (χ0) is 31.0. The van der Waals surface area contributed by atoms with Gasteiger partial charge in [-0.25, -0.2) is 0 Å². The van der Waals surface area contributed by atoms with Crippen LogP contribution in [0.5, 0.6) is 0 Å². The molecule has 0 saturated heterocycles. The van der Waals surface area contributed by atoms with E-state index in [2.05, 4.69) is 77.7 Å². The van der Waals surface area contributed by atoms with E-state index in [0.29, 0.717) is 24.8 Å². The maximum atomic E-state index is 14.4. The molecule has 4 rings (SSSR count). The molecule has 1 aliphatic carbocycles. The largest absolute Gasteiger partial charge is 0.412 e. The van der Waals surface area contributed by atoms with Crippen molar-refractivity contribution in [3.8, 4) is 0 Å². The van der Waals surface area contributed by atoms with E-state index in [1.165, 1.54) is 48.8 Å². The van der Waals surface area contributed by atoms with Gasteiger partial charge in [0.2, 0.25) is 5.91 Å². The van der Waals surface area contributed by atoms with Crippen molar-refractivity contribution in [2.45, 2.75) is 113 Å². The lowest BCUT2D eigenvalue weighted by Gasteiger charge is -2.32. The van der Waals surface area contributed by atoms with E-state index in [4.69, 9.17) is 0 Å². The average molecular weight is 608 g/mol. The Hall–Kier alpha value is -3.02. The summed E-state index contributed by atoms with van der Waals surface area (Å²) in [5, 5.41) is 0. The van der Waals surface area contributed by atoms with Crippen LogP contribution in [-0.4, -0.2) is 34.1 Å². The fourth-order valence-corrected chi connectivity index (χ4v) is 6.35. The highest BCUT2D eigenvalue weighted by Crippen LogP contribution is 2.44. The van der Waals surface area contributed by atoms with Crippen molar-refractivity contribution in [1.82, 2.24) is 4.90 Å². The van der Waals surface area contributed by atoms with Crippen molar-refractivity contribution in [2.75, 3.05) is 6.54 Å². The predicted molar refractivity (Wildman–Crippen MR) is 188 cm³/mol. The molecule has 5 heteroatoms. The van der Waals surface area contributed by atoms with Crippen LogP contribution in [0, 0.1) is 17.3 Å². The molecule has 246 valence electrons. The summed E-state index contributed by atoms with van der Waals surface area (Å²) in [5.41, 5.74) is 7.90. The lowest BCUT2D eigenvalue weighted by molar-refractivity contribution is -0.130. The van der Waals surface area contributed by atoms with E-state index in [1.807, 2.05) is 30.9 Å². The van der Waals surface area contributed by atoms with Crippen molar-refractivity contribution >= 4 is 17.3 Å². The van der Waals surface area contributed by atoms with Gasteiger partial charge in [0.1, 0.15) is 0 Å². The average Bonchev–Trinajstić information content (AvgIpc) is 3.08. The number of benzene rings is 2. The molecule has 0 bridgehead atoms. The van der Waals surface area contributed by atoms with E-state index >= 15 is 0 Å². The summed E-state index contributed by atoms with van der Waals surface area (Å²) < 4.78 is 0. The zero-order valence-corrected chi connectivity index (χ0v) is 28.7. The predicted octanol–water partition coefficient (Wildman–Crippen LogP) is 8.79. The second-order valence-electron chi connectivity index (χ2n) is 13.4. The number of hydrogen-bond acceptors (Lipinski definition) is 2. The Morgan fingerprint density at radius 1 is 1.02 bits per heavy atom. The minimum Gasteiger partial charge on any atom is -0.412 e. The molecule has 1 fully saturated rings. The molecule has 44 heavy (non-hydrogen) atoms. The molecule has 1 aliphatic heterocycles. The Bertz CT molecular complexity index is 1290. The smallest absolute Gasteiger partial charge is 0.234 e. The highest BCUT2D eigenvalue weighted by Gasteiger charge is 2.36. The molecule has 2 aromatic carbocycles. The lowest BCUT2D eigenvalue weighted by Crippen LogP contribution is -2.34. The summed E-state index contributed by atoms with van der Waals surface area (Å²) in [6.45, 7) is 21.8. The van der Waals surface area contributed by atoms with E-state index in [1.54, 1.807) is 6.92 Å². The van der Waals surface area contributed by atoms with Crippen molar-refractivity contribution < 1.29 is 22.0 Å². The molecule has 5 nitrogen and oxygen atoms in total. The standard InChI is InChI=1S/C37H49NO2.C2H6.2H2O.H2/c1-8-28-20-29(22-31(21-28)27(4)39)18-25(2)23-38-24-35(30-14-10-9-11-15-30)33-17-13-12-16-32(33)34(36(38)40)19-26(3)37(5,6)7;1-2;;;/h12-13,16-17,20-22,24,26,30,34H,2,8-11,14-15,18-19,23H2,1,3-7H3;1-2H3;2*1H2;1H. The van der Waals surface area contributed by atoms with Crippen LogP contribution in [0.2, 0.25) is 0 Å². The fraction of sp³-hybridized carbons (Fsp3) is 0.538. The Morgan fingerprint density at radius 2 is 1.64 bits per heavy atom. The van der Waals surface area contributed by atoms with Crippen molar-refractivity contribution in [2.24, 2.45) is 17.3 Å². The highest BCUT2D eigenvalue weighted by atomic mass is 16.2. The third kappa shape index (κ3) is 9.74. The van der Waals surface area contributed by atoms with E-state index in [9.17, 15) is 9.59 Å². The quantitative estimate of drug-likeness (QED) is 0.210. The van der Waals surface area contributed by atoms with Crippen LogP contribution < -0.4 is 0 Å². The summed E-state index contributed by atoms with van der Waals surface area (Å²) in [7, 11) is 0. The van der Waals surface area contributed by atoms with Gasteiger partial charge in [0.15, 0.2) is 5.78 Å². The Balaban J connectivity index is 0.00000379. The Morgan fingerprint density at radius 3 is 2.23 bits per heavy atom. The number of aryl methyl sites for hydroxylation is 1. The number of allylic oxidation sites excluding steroid dienone is 1. The molecule has 0 spiro atoms. The van der Waals surface area contributed by atoms with Gasteiger partial charge in [-0.2, -0.15) is 0 Å². The van der Waals surface area contributed by atoms with Gasteiger partial charge in [-0.05, 0) is 96.2 Å². The number of fused-ring (bicyclic) bond motifs is 1. The first-order valence-electron chi connectivity index (χ1n) is 16.4. The number of nitrogens with zero attached hydrogens (tertiary/aromatic N) is 1. The highest BCUT2D eigenvalue weighted by molar-refractivity contribution is 5.94. The van der Waals surface area contributed by atoms with Crippen LogP contribution in [0.15, 0.2) is 60.8 Å². The maximum Gasteiger partial charge on any atom is 0.234 e. The first-order valence-corrected chi connectivity index (χ1v) is 16.4. The third-order valence-corrected chi connectivity index (χ3v) is 9.35. The van der Waals surface area contributed by atoms with Crippen LogP contribution in [-0.2, 0) is 17.6 Å². The molecule has 2 atom stereocenters. The second kappa shape index (κ2) is 17.5. The second-order valence-corrected chi connectivity index (χ2v) is 13.4. The number of rotatable bonds is 9. The SMILES string of the molecule is C=C(Cc1cc(CC)cc(C(C)=O)c1)CN1C=C(C2CCCCC2)c2ccccc2C(CC(C)C(C)(C)C)C1=O.CC.O.O.[HH]. The van der Waals surface area contributed by atoms with Crippen molar-refractivity contribution in [3.63, 3.8) is 0 Å². The monoisotopic (exact) mass is 607 g/mol. The lowest BCUT2D eigenvalue weighted by atomic mass is 9.73. The zero-order valence-electron chi connectivity index (χ0n) is 28.7. The molecule has 1 heterocycles. The van der Waals surface area contributed by atoms with E-state index in [0.717, 1.165) is 35.1 Å². The molecule has 2 aliphatic rings. The first-order chi connectivity index (χ1) is 20.0. The molecule has 0 radical (unpaired) electrons. The summed E-state index contributed by atoms with van der Waals surface area (Å²) in [6.07, 6.45) is 10.7. The van der Waals surface area contributed by atoms with Gasteiger partial charge in [0.05, 0.1) is 5.92 Å². The van der Waals surface area contributed by atoms with Crippen molar-refractivity contribution in [3.05, 3.63) is 88.6 Å². The summed E-state index contributed by atoms with van der Waals surface area (Å²) >= 11 is 0. The number of ketones is 1. The van der Waals surface area contributed by atoms with Gasteiger partial charge < -0.3 is 15.9 Å². The van der Waals surface area contributed by atoms with Crippen LogP contribution in [0.3, 0.4) is 0 Å². The van der Waals surface area contributed by atoms with Gasteiger partial charge in [-0.1, -0.05) is 110 Å². The van der Waals surface area contributed by atoms with Gasteiger partial charge in [-0.15, -0.1) is 0 Å². The molecular formula is C39H61NO4. The molecule has 1 amide bonds. The number of carbonyl (C=O) groups is 2. The minimum atomic E-state index is -0.177. The Kier molecular flexibility index (Phi) is 15.5. The van der Waals surface area contributed by atoms with Gasteiger partial charge >= 0.3 is 0 Å². The first kappa shape index (κ1) is 39.0. The van der Waals surface area contributed by atoms with E-state index in [-0.39, 0.29) is 35.4 Å². The minimum absolute atomic E-state index is 0. The summed E-state index contributed by atoms with van der Waals surface area (Å²) in [5.74, 6) is 0.957. The number of Topliss-reactive ketones (excluding diaryl/α,β-unsaturated/α-hetero) is 1. The number of hydrogen-bond donors (Lipinski definition) is 0. The number of carbonyl (C=O) groups excluding carboxylic acids is 2. The molecule has 4 N–H and O–H groups in total. The molecule has 2 aromatic rings. The molecular weight excluding hydrogens is 546 g/mol. The normalized spacial score (nSPS) is 17.5. The number of amides is 1. The maximum absolute atomic E-state index is 14.4. The molecule has 2 unspecified atom stereocenters. The van der Waals surface area contributed by atoms with Crippen LogP contribution >= 0.6 is 0 Å². The van der Waals surface area contributed by atoms with Crippen LogP contribution in [0.25, 0.3) is 5.57 Å². The van der Waals surface area contributed by atoms with Crippen LogP contribution in [0.4, 0.5) is 0 Å². The van der Waals surface area contributed by atoms with Gasteiger partial charge in [0.25, 0.3) is 0 Å². The molecule has 1 saturated carbocycles. The Labute approximate surface area is 268 Å². The third-order valence-electron chi connectivity index (χ3n) is 9.35. The van der Waals surface area contributed by atoms with Crippen LogP contribution in [0.1, 0.15) is 134 Å². The van der Waals surface area contributed by atoms with E-state index < -0.39 is 0 Å². The summed E-state index contributed by atoms with van der Waals surface area (Å²) in [4.78, 5) is 28.6. The van der Waals surface area contributed by atoms with Gasteiger partial charge in [0, 0.05) is 19.7 Å². The van der Waals surface area contributed by atoms with Gasteiger partial charge in [-0.3, -0.25) is 9.59 Å². The topological polar surface area (TPSA) is 100 Å². The fourth-order valence-electron chi connectivity index (χ4n) is 6.35. The summed E-state index contributed by atoms with van der Waals surface area (Å²) in [6, 6.07) is 14.8.